The Labute approximate surface area is 236 Å². The first-order valence-corrected chi connectivity index (χ1v) is 11.1. The van der Waals surface area contributed by atoms with E-state index in [-0.39, 0.29) is 80.5 Å². The molecule has 0 aliphatic heterocycles. The third kappa shape index (κ3) is 5.86. The standard InChI is InChI=1S/C21H18FN5O5S.K.H/c1-12-15-5-4-14(31-21-25-7-3-8-26-21)11-17(15)32-20(28)16(12)10-13-6-9-24-19(18(13)22)27-33(29,30)23-2;;/h3-9,11,23H,10H2,1-2H3,(H,24,27);;. The molecule has 0 fully saturated rings. The Balaban J connectivity index is 0.00000324. The number of halogens is 1. The van der Waals surface area contributed by atoms with Crippen LogP contribution in [0.3, 0.4) is 0 Å². The summed E-state index contributed by atoms with van der Waals surface area (Å²) in [5, 5.41) is 0.636. The van der Waals surface area contributed by atoms with E-state index in [1.807, 2.05) is 9.44 Å². The van der Waals surface area contributed by atoms with E-state index in [2.05, 4.69) is 15.0 Å². The molecule has 0 amide bonds. The van der Waals surface area contributed by atoms with Crippen LogP contribution in [0.2, 0.25) is 0 Å². The van der Waals surface area contributed by atoms with Gasteiger partial charge < -0.3 is 9.15 Å². The van der Waals surface area contributed by atoms with Crippen molar-refractivity contribution in [3.63, 3.8) is 0 Å². The number of fused-ring (bicyclic) bond motifs is 1. The number of pyridine rings is 1. The summed E-state index contributed by atoms with van der Waals surface area (Å²) in [5.41, 5.74) is 0.538. The number of nitrogens with one attached hydrogen (secondary N) is 2. The summed E-state index contributed by atoms with van der Waals surface area (Å²) < 4.78 is 53.3. The monoisotopic (exact) mass is 511 g/mol. The summed E-state index contributed by atoms with van der Waals surface area (Å²) in [6, 6.07) is 8.10. The number of aromatic nitrogens is 3. The number of ether oxygens (including phenoxy) is 1. The Morgan fingerprint density at radius 3 is 2.56 bits per heavy atom. The van der Waals surface area contributed by atoms with Crippen molar-refractivity contribution in [1.29, 1.82) is 0 Å². The zero-order chi connectivity index (χ0) is 23.6. The topological polar surface area (TPSA) is 136 Å². The normalized spacial score (nSPS) is 11.1. The summed E-state index contributed by atoms with van der Waals surface area (Å²) in [6.07, 6.45) is 4.20. The van der Waals surface area contributed by atoms with Gasteiger partial charge in [-0.05, 0) is 42.3 Å². The van der Waals surface area contributed by atoms with Gasteiger partial charge in [0.2, 0.25) is 0 Å². The van der Waals surface area contributed by atoms with Crippen LogP contribution in [0.4, 0.5) is 10.2 Å². The van der Waals surface area contributed by atoms with Crippen LogP contribution in [0.5, 0.6) is 11.8 Å². The van der Waals surface area contributed by atoms with E-state index in [0.717, 1.165) is 0 Å². The number of rotatable bonds is 7. The fraction of sp³-hybridized carbons (Fsp3) is 0.143. The van der Waals surface area contributed by atoms with Crippen LogP contribution in [0.15, 0.2) is 58.1 Å². The number of hydrogen-bond acceptors (Lipinski definition) is 8. The first-order chi connectivity index (χ1) is 15.8. The third-order valence-corrected chi connectivity index (χ3v) is 5.85. The minimum absolute atomic E-state index is 0. The first kappa shape index (κ1) is 26.3. The molecule has 2 N–H and O–H groups in total. The predicted molar refractivity (Wildman–Crippen MR) is 125 cm³/mol. The third-order valence-electron chi connectivity index (χ3n) is 4.85. The summed E-state index contributed by atoms with van der Waals surface area (Å²) in [4.78, 5) is 24.4. The van der Waals surface area contributed by atoms with Crippen molar-refractivity contribution in [3.05, 3.63) is 81.9 Å². The second kappa shape index (κ2) is 11.0. The molecule has 13 heteroatoms. The van der Waals surface area contributed by atoms with Crippen LogP contribution < -0.4 is 19.8 Å². The summed E-state index contributed by atoms with van der Waals surface area (Å²) in [7, 11) is -2.78. The van der Waals surface area contributed by atoms with Crippen molar-refractivity contribution in [3.8, 4) is 11.8 Å². The average molecular weight is 512 g/mol. The molecule has 0 aliphatic carbocycles. The number of hydrogen-bond donors (Lipinski definition) is 2. The minimum atomic E-state index is -3.96. The van der Waals surface area contributed by atoms with E-state index >= 15 is 0 Å². The molecule has 3 heterocycles. The van der Waals surface area contributed by atoms with Gasteiger partial charge in [-0.25, -0.2) is 28.9 Å². The van der Waals surface area contributed by atoms with Crippen molar-refractivity contribution >= 4 is 78.4 Å². The molecular formula is C21H19FKN5O5S. The van der Waals surface area contributed by atoms with Crippen molar-refractivity contribution in [2.45, 2.75) is 13.3 Å². The van der Waals surface area contributed by atoms with Gasteiger partial charge in [-0.3, -0.25) is 4.72 Å². The molecule has 3 aromatic heterocycles. The van der Waals surface area contributed by atoms with Gasteiger partial charge in [-0.15, -0.1) is 0 Å². The van der Waals surface area contributed by atoms with Crippen LogP contribution >= 0.6 is 0 Å². The second-order valence-corrected chi connectivity index (χ2v) is 8.52. The molecule has 4 rings (SSSR count). The Hall–Kier alpha value is -2.26. The quantitative estimate of drug-likeness (QED) is 0.284. The molecule has 1 aromatic carbocycles. The molecular weight excluding hydrogens is 492 g/mol. The first-order valence-electron chi connectivity index (χ1n) is 9.63. The van der Waals surface area contributed by atoms with Gasteiger partial charge in [-0.1, -0.05) is 0 Å². The Bertz CT molecular complexity index is 1500. The summed E-state index contributed by atoms with van der Waals surface area (Å²) in [6.45, 7) is 1.72. The maximum absolute atomic E-state index is 14.9. The van der Waals surface area contributed by atoms with Crippen LogP contribution in [0.25, 0.3) is 11.0 Å². The Kier molecular flexibility index (Phi) is 8.51. The van der Waals surface area contributed by atoms with Gasteiger partial charge in [0.1, 0.15) is 11.3 Å². The van der Waals surface area contributed by atoms with Gasteiger partial charge in [0, 0.05) is 49.1 Å². The van der Waals surface area contributed by atoms with Crippen molar-refractivity contribution < 1.29 is 22.0 Å². The van der Waals surface area contributed by atoms with Crippen LogP contribution in [-0.2, 0) is 16.6 Å². The number of anilines is 1. The summed E-state index contributed by atoms with van der Waals surface area (Å²) >= 11 is 0. The molecule has 0 spiro atoms. The van der Waals surface area contributed by atoms with E-state index in [1.54, 1.807) is 31.2 Å². The zero-order valence-corrected chi connectivity index (χ0v) is 18.3. The van der Waals surface area contributed by atoms with Gasteiger partial charge in [-0.2, -0.15) is 8.42 Å². The molecule has 0 bridgehead atoms. The van der Waals surface area contributed by atoms with E-state index in [1.165, 1.54) is 31.7 Å². The predicted octanol–water partition coefficient (Wildman–Crippen LogP) is 2.04. The van der Waals surface area contributed by atoms with Gasteiger partial charge in [0.15, 0.2) is 11.6 Å². The second-order valence-electron chi connectivity index (χ2n) is 6.90. The van der Waals surface area contributed by atoms with Crippen molar-refractivity contribution in [2.75, 3.05) is 11.8 Å². The van der Waals surface area contributed by atoms with E-state index in [4.69, 9.17) is 9.15 Å². The summed E-state index contributed by atoms with van der Waals surface area (Å²) in [5.74, 6) is -0.984. The number of benzene rings is 1. The SMILES string of the molecule is CNS(=O)(=O)Nc1nccc(Cc2c(C)c3ccc(Oc4ncccn4)cc3oc2=O)c1F.[KH]. The Morgan fingerprint density at radius 1 is 1.12 bits per heavy atom. The molecule has 0 radical (unpaired) electrons. The number of aryl methyl sites for hydroxylation is 1. The number of nitrogens with zero attached hydrogens (tertiary/aromatic N) is 3. The van der Waals surface area contributed by atoms with Gasteiger partial charge >= 0.3 is 63.0 Å². The molecule has 0 unspecified atom stereocenters. The van der Waals surface area contributed by atoms with Crippen molar-refractivity contribution in [2.24, 2.45) is 0 Å². The van der Waals surface area contributed by atoms with Crippen LogP contribution in [-0.4, -0.2) is 81.8 Å². The Morgan fingerprint density at radius 2 is 1.85 bits per heavy atom. The molecule has 4 aromatic rings. The molecule has 0 atom stereocenters. The van der Waals surface area contributed by atoms with E-state index < -0.39 is 27.5 Å². The van der Waals surface area contributed by atoms with Crippen LogP contribution in [0, 0.1) is 12.7 Å². The maximum atomic E-state index is 14.9. The molecule has 34 heavy (non-hydrogen) atoms. The van der Waals surface area contributed by atoms with Gasteiger partial charge in [0.25, 0.3) is 10.2 Å². The molecule has 0 aliphatic rings. The van der Waals surface area contributed by atoms with Gasteiger partial charge in [0.05, 0.1) is 0 Å². The van der Waals surface area contributed by atoms with Crippen LogP contribution in [0.1, 0.15) is 16.7 Å². The molecule has 0 saturated carbocycles. The zero-order valence-electron chi connectivity index (χ0n) is 17.5. The van der Waals surface area contributed by atoms with E-state index in [9.17, 15) is 17.6 Å². The molecule has 10 nitrogen and oxygen atoms in total. The fourth-order valence-corrected chi connectivity index (χ4v) is 3.64. The van der Waals surface area contributed by atoms with Crippen molar-refractivity contribution in [1.82, 2.24) is 19.7 Å². The molecule has 0 saturated heterocycles. The molecule has 172 valence electrons. The average Bonchev–Trinajstić information content (AvgIpc) is 2.79. The van der Waals surface area contributed by atoms with E-state index in [0.29, 0.717) is 16.7 Å². The fourth-order valence-electron chi connectivity index (χ4n) is 3.15.